The normalized spacial score (nSPS) is 12.6. The summed E-state index contributed by atoms with van der Waals surface area (Å²) in [7, 11) is -2.45. The van der Waals surface area contributed by atoms with Crippen LogP contribution in [0, 0.1) is 0 Å². The third kappa shape index (κ3) is 4.83. The first-order valence-electron chi connectivity index (χ1n) is 8.35. The number of hydroxylamine groups is 1. The molecule has 0 fully saturated rings. The molecule has 0 radical (unpaired) electrons. The van der Waals surface area contributed by atoms with Gasteiger partial charge in [-0.05, 0) is 28.5 Å². The van der Waals surface area contributed by atoms with Crippen molar-refractivity contribution in [3.05, 3.63) is 78.4 Å². The first-order chi connectivity index (χ1) is 13.1. The lowest BCUT2D eigenvalue weighted by atomic mass is 10.1. The molecule has 138 valence electrons. The minimum atomic E-state index is -2.45. The van der Waals surface area contributed by atoms with Crippen molar-refractivity contribution in [3.8, 4) is 5.75 Å². The number of hydrogen-bond acceptors (Lipinski definition) is 4. The summed E-state index contributed by atoms with van der Waals surface area (Å²) >= 11 is 5.80. The lowest BCUT2D eigenvalue weighted by Crippen LogP contribution is -2.37. The summed E-state index contributed by atoms with van der Waals surface area (Å²) < 4.78 is 17.3. The van der Waals surface area contributed by atoms with Gasteiger partial charge in [0.05, 0.1) is 0 Å². The number of carbonyl (C=O) groups excluding carboxylic acids is 1. The molecule has 27 heavy (non-hydrogen) atoms. The molecule has 2 atom stereocenters. The van der Waals surface area contributed by atoms with E-state index >= 15 is 0 Å². The molecule has 0 spiro atoms. The highest BCUT2D eigenvalue weighted by Crippen LogP contribution is 2.37. The second-order valence-electron chi connectivity index (χ2n) is 5.87. The van der Waals surface area contributed by atoms with Gasteiger partial charge < -0.3 is 9.57 Å². The fourth-order valence-corrected chi connectivity index (χ4v) is 3.57. The summed E-state index contributed by atoms with van der Waals surface area (Å²) in [5.41, 5.74) is 0.856. The van der Waals surface area contributed by atoms with E-state index in [1.807, 2.05) is 66.7 Å². The molecule has 0 aliphatic rings. The SMILES string of the molecule is C[C@@H](C(=O)OCc1ccccc1)N(Oc1cccc2ccccc12)[P+](=O)Cl. The van der Waals surface area contributed by atoms with Crippen LogP contribution in [0.25, 0.3) is 10.8 Å². The van der Waals surface area contributed by atoms with E-state index in [4.69, 9.17) is 20.8 Å². The minimum absolute atomic E-state index is 0.116. The zero-order chi connectivity index (χ0) is 19.2. The highest BCUT2D eigenvalue weighted by Gasteiger charge is 2.40. The molecule has 0 aromatic heterocycles. The Labute approximate surface area is 163 Å². The molecule has 3 aromatic carbocycles. The molecule has 3 rings (SSSR count). The average molecular weight is 403 g/mol. The maximum Gasteiger partial charge on any atom is 0.593 e. The predicted molar refractivity (Wildman–Crippen MR) is 106 cm³/mol. The van der Waals surface area contributed by atoms with E-state index < -0.39 is 19.3 Å². The molecule has 0 saturated heterocycles. The average Bonchev–Trinajstić information content (AvgIpc) is 2.70. The van der Waals surface area contributed by atoms with E-state index in [2.05, 4.69) is 0 Å². The van der Waals surface area contributed by atoms with Crippen LogP contribution in [0.3, 0.4) is 0 Å². The first kappa shape index (κ1) is 19.3. The number of rotatable bonds is 7. The van der Waals surface area contributed by atoms with Gasteiger partial charge in [-0.2, -0.15) is 0 Å². The van der Waals surface area contributed by atoms with Crippen molar-refractivity contribution < 1.29 is 18.9 Å². The van der Waals surface area contributed by atoms with Gasteiger partial charge in [-0.1, -0.05) is 66.7 Å². The highest BCUT2D eigenvalue weighted by atomic mass is 35.7. The molecule has 5 nitrogen and oxygen atoms in total. The molecule has 0 amide bonds. The lowest BCUT2D eigenvalue weighted by molar-refractivity contribution is -0.155. The standard InChI is InChI=1S/C20H18ClNO4P/c1-15(20(23)25-14-16-8-3-2-4-9-16)22(27(21)24)26-19-13-7-11-17-10-5-6-12-18(17)19/h2-13,15H,14H2,1H3/q+1/t15-/m0/s1. The minimum Gasteiger partial charge on any atom is -0.459 e. The molecule has 1 unspecified atom stereocenters. The molecule has 0 aliphatic carbocycles. The Balaban J connectivity index is 1.74. The van der Waals surface area contributed by atoms with Crippen LogP contribution in [0.15, 0.2) is 72.8 Å². The fraction of sp³-hybridized carbons (Fsp3) is 0.150. The number of nitrogens with zero attached hydrogens (tertiary/aromatic N) is 1. The maximum absolute atomic E-state index is 12.4. The van der Waals surface area contributed by atoms with Crippen molar-refractivity contribution in [2.75, 3.05) is 0 Å². The topological polar surface area (TPSA) is 55.8 Å². The Morgan fingerprint density at radius 3 is 2.44 bits per heavy atom. The summed E-state index contributed by atoms with van der Waals surface area (Å²) in [6.07, 6.45) is 0. The third-order valence-electron chi connectivity index (χ3n) is 3.99. The van der Waals surface area contributed by atoms with Crippen molar-refractivity contribution in [2.24, 2.45) is 0 Å². The summed E-state index contributed by atoms with van der Waals surface area (Å²) in [6, 6.07) is 21.4. The van der Waals surface area contributed by atoms with E-state index in [0.29, 0.717) is 5.75 Å². The molecular formula is C20H18ClNO4P+. The van der Waals surface area contributed by atoms with Crippen molar-refractivity contribution in [3.63, 3.8) is 0 Å². The van der Waals surface area contributed by atoms with Gasteiger partial charge in [0.15, 0.2) is 11.8 Å². The molecular weight excluding hydrogens is 385 g/mol. The van der Waals surface area contributed by atoms with Gasteiger partial charge in [-0.15, -0.1) is 0 Å². The third-order valence-corrected chi connectivity index (χ3v) is 5.18. The number of hydrogen-bond donors (Lipinski definition) is 0. The van der Waals surface area contributed by atoms with Gasteiger partial charge in [0.1, 0.15) is 11.4 Å². The zero-order valence-electron chi connectivity index (χ0n) is 14.6. The highest BCUT2D eigenvalue weighted by molar-refractivity contribution is 7.71. The number of carbonyl (C=O) groups is 1. The number of esters is 1. The molecule has 3 aromatic rings. The second kappa shape index (κ2) is 8.96. The summed E-state index contributed by atoms with van der Waals surface area (Å²) in [5, 5.41) is 1.78. The van der Waals surface area contributed by atoms with Gasteiger partial charge in [0, 0.05) is 5.39 Å². The van der Waals surface area contributed by atoms with E-state index in [1.54, 1.807) is 6.07 Å². The Morgan fingerprint density at radius 2 is 1.70 bits per heavy atom. The summed E-state index contributed by atoms with van der Waals surface area (Å²) in [6.45, 7) is 1.65. The summed E-state index contributed by atoms with van der Waals surface area (Å²) in [4.78, 5) is 19.1. The van der Waals surface area contributed by atoms with Crippen molar-refractivity contribution in [2.45, 2.75) is 19.6 Å². The zero-order valence-corrected chi connectivity index (χ0v) is 16.3. The molecule has 0 saturated carbocycles. The Hall–Kier alpha value is -2.46. The van der Waals surface area contributed by atoms with Gasteiger partial charge in [0.25, 0.3) is 0 Å². The Bertz CT molecular complexity index is 946. The van der Waals surface area contributed by atoms with E-state index in [0.717, 1.165) is 21.2 Å². The monoisotopic (exact) mass is 402 g/mol. The van der Waals surface area contributed by atoms with Crippen LogP contribution in [0.2, 0.25) is 0 Å². The largest absolute Gasteiger partial charge is 0.593 e. The van der Waals surface area contributed by atoms with Crippen LogP contribution in [0.5, 0.6) is 5.75 Å². The first-order valence-corrected chi connectivity index (χ1v) is 10.5. The van der Waals surface area contributed by atoms with Crippen LogP contribution in [-0.4, -0.2) is 16.8 Å². The van der Waals surface area contributed by atoms with Crippen LogP contribution < -0.4 is 4.84 Å². The Kier molecular flexibility index (Phi) is 6.40. The van der Waals surface area contributed by atoms with E-state index in [1.165, 1.54) is 6.92 Å². The van der Waals surface area contributed by atoms with Gasteiger partial charge in [0.2, 0.25) is 11.2 Å². The van der Waals surface area contributed by atoms with Gasteiger partial charge in [-0.3, -0.25) is 4.79 Å². The molecule has 7 heteroatoms. The molecule has 0 N–H and O–H groups in total. The molecule has 0 bridgehead atoms. The number of ether oxygens (including phenoxy) is 1. The fourth-order valence-electron chi connectivity index (χ4n) is 2.56. The Morgan fingerprint density at radius 1 is 1.04 bits per heavy atom. The van der Waals surface area contributed by atoms with Gasteiger partial charge in [-0.25, -0.2) is 0 Å². The quantitative estimate of drug-likeness (QED) is 0.298. The second-order valence-corrected chi connectivity index (χ2v) is 7.58. The van der Waals surface area contributed by atoms with Crippen molar-refractivity contribution in [1.29, 1.82) is 0 Å². The smallest absolute Gasteiger partial charge is 0.459 e. The predicted octanol–water partition coefficient (Wildman–Crippen LogP) is 5.46. The van der Waals surface area contributed by atoms with Crippen molar-refractivity contribution in [1.82, 2.24) is 4.83 Å². The van der Waals surface area contributed by atoms with Crippen LogP contribution in [0.4, 0.5) is 0 Å². The maximum atomic E-state index is 12.4. The van der Waals surface area contributed by atoms with Crippen LogP contribution in [0.1, 0.15) is 12.5 Å². The lowest BCUT2D eigenvalue weighted by Gasteiger charge is -2.17. The molecule has 0 heterocycles. The van der Waals surface area contributed by atoms with E-state index in [9.17, 15) is 9.36 Å². The number of halogens is 1. The molecule has 0 aliphatic heterocycles. The summed E-state index contributed by atoms with van der Waals surface area (Å²) in [5.74, 6) is -0.122. The van der Waals surface area contributed by atoms with Crippen LogP contribution >= 0.6 is 18.5 Å². The number of fused-ring (bicyclic) bond motifs is 1. The number of benzene rings is 3. The van der Waals surface area contributed by atoms with Crippen LogP contribution in [-0.2, 0) is 20.7 Å². The van der Waals surface area contributed by atoms with Crippen molar-refractivity contribution >= 4 is 35.3 Å². The van der Waals surface area contributed by atoms with Gasteiger partial charge >= 0.3 is 13.3 Å². The van der Waals surface area contributed by atoms with E-state index in [-0.39, 0.29) is 6.61 Å².